The van der Waals surface area contributed by atoms with Crippen molar-refractivity contribution in [2.45, 2.75) is 55.6 Å². The van der Waals surface area contributed by atoms with Crippen LogP contribution in [0.3, 0.4) is 0 Å². The second kappa shape index (κ2) is 10.8. The standard InChI is InChI=1S/C20H26N5O2S.Cr/c1-14(27-19(26)25-20(2)10-11-20)4-3-5-15-12-22-18(23-13-15)24-16-6-8-17(28-21)9-7-16;/h6-9,12-14H,1,3-5,10-11,21H2,2H3,(H,25,26)(H,22,23,24);/q-1;. The molecule has 1 unspecified atom stereocenters. The van der Waals surface area contributed by atoms with Gasteiger partial charge in [0.25, 0.3) is 0 Å². The second-order valence-electron chi connectivity index (χ2n) is 7.29. The molecule has 1 aliphatic rings. The van der Waals surface area contributed by atoms with Gasteiger partial charge in [0, 0.05) is 45.9 Å². The van der Waals surface area contributed by atoms with Crippen molar-refractivity contribution in [2.75, 3.05) is 5.32 Å². The van der Waals surface area contributed by atoms with Crippen molar-refractivity contribution in [3.05, 3.63) is 49.1 Å². The van der Waals surface area contributed by atoms with Gasteiger partial charge in [-0.2, -0.15) is 0 Å². The number of aromatic nitrogens is 2. The van der Waals surface area contributed by atoms with Crippen LogP contribution in [-0.4, -0.2) is 27.7 Å². The van der Waals surface area contributed by atoms with E-state index in [9.17, 15) is 4.79 Å². The molecule has 29 heavy (non-hydrogen) atoms. The maximum absolute atomic E-state index is 11.8. The third kappa shape index (κ3) is 7.86. The molecule has 1 amide bonds. The van der Waals surface area contributed by atoms with E-state index in [0.29, 0.717) is 12.4 Å². The van der Waals surface area contributed by atoms with E-state index in [4.69, 9.17) is 9.88 Å². The summed E-state index contributed by atoms with van der Waals surface area (Å²) in [6.07, 6.45) is 7.22. The first-order valence-corrected chi connectivity index (χ1v) is 10.2. The molecule has 2 aromatic rings. The number of rotatable bonds is 9. The summed E-state index contributed by atoms with van der Waals surface area (Å²) in [5.41, 5.74) is 1.86. The number of carbonyl (C=O) groups is 1. The number of hydrogen-bond donors (Lipinski definition) is 3. The Bertz CT molecular complexity index is 784. The van der Waals surface area contributed by atoms with Crippen molar-refractivity contribution in [2.24, 2.45) is 5.14 Å². The third-order valence-electron chi connectivity index (χ3n) is 4.62. The van der Waals surface area contributed by atoms with Gasteiger partial charge in [-0.15, -0.1) is 0 Å². The van der Waals surface area contributed by atoms with Gasteiger partial charge in [0.05, 0.1) is 0 Å². The Balaban J connectivity index is 0.00000300. The molecule has 0 aliphatic heterocycles. The molecular formula is C20H26CrN5O2S-. The predicted molar refractivity (Wildman–Crippen MR) is 111 cm³/mol. The van der Waals surface area contributed by atoms with Crippen molar-refractivity contribution in [1.82, 2.24) is 15.3 Å². The van der Waals surface area contributed by atoms with Gasteiger partial charge in [-0.1, -0.05) is 0 Å². The molecule has 1 atom stereocenters. The van der Waals surface area contributed by atoms with Gasteiger partial charge in [-0.05, 0) is 86.9 Å². The molecule has 1 fully saturated rings. The normalized spacial score (nSPS) is 15.0. The summed E-state index contributed by atoms with van der Waals surface area (Å²) < 4.78 is 5.29. The minimum atomic E-state index is -0.378. The van der Waals surface area contributed by atoms with Crippen LogP contribution in [0, 0.1) is 6.92 Å². The number of ether oxygens (including phenoxy) is 1. The fourth-order valence-electron chi connectivity index (χ4n) is 2.63. The molecule has 9 heteroatoms. The third-order valence-corrected chi connectivity index (χ3v) is 5.17. The van der Waals surface area contributed by atoms with Gasteiger partial charge in [0.15, 0.2) is 0 Å². The molecule has 156 valence electrons. The molecule has 4 N–H and O–H groups in total. The first-order chi connectivity index (χ1) is 13.5. The number of hydrogen-bond acceptors (Lipinski definition) is 7. The van der Waals surface area contributed by atoms with Crippen molar-refractivity contribution in [3.8, 4) is 0 Å². The number of amides is 1. The summed E-state index contributed by atoms with van der Waals surface area (Å²) in [7, 11) is 0. The molecular weight excluding hydrogens is 426 g/mol. The van der Waals surface area contributed by atoms with Gasteiger partial charge in [-0.25, -0.2) is 14.8 Å². The number of benzene rings is 1. The van der Waals surface area contributed by atoms with Crippen LogP contribution in [0.2, 0.25) is 0 Å². The van der Waals surface area contributed by atoms with Gasteiger partial charge in [0.2, 0.25) is 5.95 Å². The zero-order valence-corrected chi connectivity index (χ0v) is 18.5. The van der Waals surface area contributed by atoms with Gasteiger partial charge < -0.3 is 22.3 Å². The largest absolute Gasteiger partial charge is 0.479 e. The summed E-state index contributed by atoms with van der Waals surface area (Å²) in [5, 5.41) is 11.5. The fraction of sp³-hybridized carbons (Fsp3) is 0.400. The van der Waals surface area contributed by atoms with Crippen molar-refractivity contribution in [3.63, 3.8) is 0 Å². The average molecular weight is 453 g/mol. The summed E-state index contributed by atoms with van der Waals surface area (Å²) in [4.78, 5) is 21.4. The minimum Gasteiger partial charge on any atom is -0.479 e. The zero-order valence-electron chi connectivity index (χ0n) is 16.4. The number of aryl methyl sites for hydroxylation is 1. The quantitative estimate of drug-likeness (QED) is 0.391. The fourth-order valence-corrected chi connectivity index (χ4v) is 2.92. The summed E-state index contributed by atoms with van der Waals surface area (Å²) in [6, 6.07) is 7.73. The second-order valence-corrected chi connectivity index (χ2v) is 7.99. The van der Waals surface area contributed by atoms with E-state index >= 15 is 0 Å². The first-order valence-electron chi connectivity index (χ1n) is 9.32. The maximum Gasteiger partial charge on any atom is 0.405 e. The van der Waals surface area contributed by atoms with E-state index in [1.54, 1.807) is 12.4 Å². The molecule has 0 saturated heterocycles. The summed E-state index contributed by atoms with van der Waals surface area (Å²) >= 11 is 1.21. The predicted octanol–water partition coefficient (Wildman–Crippen LogP) is 3.99. The Morgan fingerprint density at radius 1 is 1.31 bits per heavy atom. The van der Waals surface area contributed by atoms with E-state index in [0.717, 1.165) is 41.8 Å². The zero-order chi connectivity index (χ0) is 20.0. The number of carbonyl (C=O) groups excluding carboxylic acids is 1. The number of alkyl carbamates (subject to hydrolysis) is 1. The van der Waals surface area contributed by atoms with Crippen molar-refractivity contribution in [1.29, 1.82) is 0 Å². The molecule has 0 spiro atoms. The van der Waals surface area contributed by atoms with Crippen LogP contribution in [0.1, 0.15) is 38.2 Å². The van der Waals surface area contributed by atoms with Crippen LogP contribution >= 0.6 is 11.9 Å². The minimum absolute atomic E-state index is 0. The Morgan fingerprint density at radius 2 is 1.97 bits per heavy atom. The molecule has 1 aliphatic carbocycles. The van der Waals surface area contributed by atoms with Crippen LogP contribution in [0.15, 0.2) is 41.6 Å². The van der Waals surface area contributed by atoms with Crippen LogP contribution in [0.25, 0.3) is 0 Å². The van der Waals surface area contributed by atoms with E-state index in [2.05, 4.69) is 27.5 Å². The SMILES string of the molecule is [CH2-]C(CCCc1cnc(Nc2ccc(SN)cc2)nc1)OC(=O)NC1(C)CC1.[Cr]. The monoisotopic (exact) mass is 452 g/mol. The molecule has 0 radical (unpaired) electrons. The van der Waals surface area contributed by atoms with Crippen LogP contribution in [0.4, 0.5) is 16.4 Å². The Morgan fingerprint density at radius 3 is 2.55 bits per heavy atom. The van der Waals surface area contributed by atoms with E-state index in [1.807, 2.05) is 31.2 Å². The number of nitrogens with two attached hydrogens (primary N) is 1. The van der Waals surface area contributed by atoms with Crippen molar-refractivity contribution < 1.29 is 26.9 Å². The van der Waals surface area contributed by atoms with E-state index in [-0.39, 0.29) is 35.1 Å². The van der Waals surface area contributed by atoms with Gasteiger partial charge >= 0.3 is 6.09 Å². The van der Waals surface area contributed by atoms with E-state index in [1.165, 1.54) is 11.9 Å². The topological polar surface area (TPSA) is 102 Å². The summed E-state index contributed by atoms with van der Waals surface area (Å²) in [5.74, 6) is 0.542. The van der Waals surface area contributed by atoms with Crippen LogP contribution in [0.5, 0.6) is 0 Å². The van der Waals surface area contributed by atoms with Gasteiger partial charge in [0.1, 0.15) is 0 Å². The molecule has 1 aromatic carbocycles. The Kier molecular flexibility index (Phi) is 8.78. The number of nitrogens with zero attached hydrogens (tertiary/aromatic N) is 2. The van der Waals surface area contributed by atoms with Gasteiger partial charge in [-0.3, -0.25) is 5.14 Å². The number of anilines is 2. The Hall–Kier alpha value is -1.79. The summed E-state index contributed by atoms with van der Waals surface area (Å²) in [6.45, 7) is 5.91. The molecule has 0 bridgehead atoms. The molecule has 7 nitrogen and oxygen atoms in total. The molecule has 1 heterocycles. The van der Waals surface area contributed by atoms with Crippen molar-refractivity contribution >= 4 is 29.7 Å². The maximum atomic E-state index is 11.8. The van der Waals surface area contributed by atoms with E-state index < -0.39 is 0 Å². The van der Waals surface area contributed by atoms with Crippen LogP contribution < -0.4 is 15.8 Å². The smallest absolute Gasteiger partial charge is 0.405 e. The molecule has 3 rings (SSSR count). The molecule has 1 aromatic heterocycles. The number of nitrogens with one attached hydrogen (secondary N) is 2. The molecule has 1 saturated carbocycles. The average Bonchev–Trinajstić information content (AvgIpc) is 3.40. The Labute approximate surface area is 186 Å². The first kappa shape index (κ1) is 23.5. The van der Waals surface area contributed by atoms with Crippen LogP contribution in [-0.2, 0) is 28.5 Å².